The molecule has 0 aliphatic carbocycles. The van der Waals surface area contributed by atoms with Gasteiger partial charge in [-0.2, -0.15) is 15.7 Å². The maximum atomic E-state index is 4.08. The second-order valence-corrected chi connectivity index (χ2v) is 2.60. The largest absolute Gasteiger partial charge is 0.198 e. The van der Waals surface area contributed by atoms with Crippen LogP contribution < -0.4 is 5.53 Å². The first-order chi connectivity index (χ1) is 6.47. The van der Waals surface area contributed by atoms with E-state index in [9.17, 15) is 0 Å². The molecule has 0 bridgehead atoms. The monoisotopic (exact) mass is 171 g/mol. The van der Waals surface area contributed by atoms with E-state index in [0.29, 0.717) is 0 Å². The molecule has 1 N–H and O–H groups in total. The van der Waals surface area contributed by atoms with E-state index in [-0.39, 0.29) is 0 Å². The van der Waals surface area contributed by atoms with Gasteiger partial charge in [-0.05, 0) is 12.2 Å². The fourth-order valence-electron chi connectivity index (χ4n) is 1.10. The molecule has 0 unspecified atom stereocenters. The summed E-state index contributed by atoms with van der Waals surface area (Å²) in [6, 6.07) is 9.97. The van der Waals surface area contributed by atoms with Gasteiger partial charge in [-0.3, -0.25) is 0 Å². The molecule has 13 heavy (non-hydrogen) atoms. The lowest BCUT2D eigenvalue weighted by atomic mass is 10.1. The lowest BCUT2D eigenvalue weighted by Crippen LogP contribution is -2.01. The van der Waals surface area contributed by atoms with Gasteiger partial charge in [-0.25, -0.2) is 0 Å². The van der Waals surface area contributed by atoms with Crippen LogP contribution in [0.25, 0.3) is 0 Å². The summed E-state index contributed by atoms with van der Waals surface area (Å²) < 4.78 is 0. The van der Waals surface area contributed by atoms with Gasteiger partial charge < -0.3 is 0 Å². The molecule has 0 aromatic heterocycles. The van der Waals surface area contributed by atoms with Gasteiger partial charge in [0, 0.05) is 11.8 Å². The quantitative estimate of drug-likeness (QED) is 0.683. The van der Waals surface area contributed by atoms with Crippen molar-refractivity contribution in [3.8, 4) is 0 Å². The van der Waals surface area contributed by atoms with E-state index in [4.69, 9.17) is 0 Å². The van der Waals surface area contributed by atoms with Crippen LogP contribution in [0, 0.1) is 0 Å². The molecule has 1 aliphatic rings. The van der Waals surface area contributed by atoms with E-state index in [1.165, 1.54) is 0 Å². The van der Waals surface area contributed by atoms with Crippen LogP contribution in [0.4, 0.5) is 0 Å². The molecule has 1 heterocycles. The van der Waals surface area contributed by atoms with Crippen molar-refractivity contribution in [1.29, 1.82) is 0 Å². The summed E-state index contributed by atoms with van der Waals surface area (Å²) in [7, 11) is 0. The van der Waals surface area contributed by atoms with Gasteiger partial charge in [0.15, 0.2) is 0 Å². The molecule has 0 atom stereocenters. The predicted octanol–water partition coefficient (Wildman–Crippen LogP) is 1.54. The second kappa shape index (κ2) is 3.67. The van der Waals surface area contributed by atoms with Crippen molar-refractivity contribution in [1.82, 2.24) is 5.53 Å². The van der Waals surface area contributed by atoms with Crippen LogP contribution in [-0.4, -0.2) is 11.9 Å². The summed E-state index contributed by atoms with van der Waals surface area (Å²) in [5, 5.41) is 7.87. The molecule has 3 heteroatoms. The summed E-state index contributed by atoms with van der Waals surface area (Å²) in [4.78, 5) is 0. The Kier molecular flexibility index (Phi) is 2.18. The number of hydrogen-bond donors (Lipinski definition) is 1. The van der Waals surface area contributed by atoms with Crippen molar-refractivity contribution in [2.45, 2.75) is 0 Å². The Morgan fingerprint density at radius 1 is 1.08 bits per heavy atom. The number of hydrazone groups is 2. The summed E-state index contributed by atoms with van der Waals surface area (Å²) in [5.41, 5.74) is 4.56. The van der Waals surface area contributed by atoms with Gasteiger partial charge in [0.05, 0.1) is 5.71 Å². The van der Waals surface area contributed by atoms with E-state index in [2.05, 4.69) is 15.7 Å². The van der Waals surface area contributed by atoms with Crippen LogP contribution >= 0.6 is 0 Å². The molecule has 3 nitrogen and oxygen atoms in total. The molecular formula is C10H9N3. The highest BCUT2D eigenvalue weighted by Crippen LogP contribution is 2.02. The number of nitrogens with zero attached hydrogens (tertiary/aromatic N) is 2. The normalized spacial score (nSPS) is 14.6. The van der Waals surface area contributed by atoms with Crippen molar-refractivity contribution in [3.63, 3.8) is 0 Å². The zero-order valence-corrected chi connectivity index (χ0v) is 7.01. The Morgan fingerprint density at radius 2 is 1.92 bits per heavy atom. The summed E-state index contributed by atoms with van der Waals surface area (Å²) >= 11 is 0. The van der Waals surface area contributed by atoms with E-state index in [1.54, 1.807) is 6.21 Å². The minimum absolute atomic E-state index is 0.887. The predicted molar refractivity (Wildman–Crippen MR) is 53.7 cm³/mol. The lowest BCUT2D eigenvalue weighted by Gasteiger charge is -1.98. The molecule has 1 aromatic rings. The molecule has 0 radical (unpaired) electrons. The first kappa shape index (κ1) is 7.73. The number of rotatable bonds is 1. The fraction of sp³-hybridized carbons (Fsp3) is 0. The second-order valence-electron chi connectivity index (χ2n) is 2.60. The minimum atomic E-state index is 0.887. The molecule has 2 rings (SSSR count). The topological polar surface area (TPSA) is 36.8 Å². The van der Waals surface area contributed by atoms with E-state index < -0.39 is 0 Å². The number of allylic oxidation sites excluding steroid dienone is 2. The molecule has 0 spiro atoms. The molecular weight excluding hydrogens is 162 g/mol. The SMILES string of the molecule is C1=CC(c2ccccc2)=NNN=C1. The zero-order chi connectivity index (χ0) is 8.93. The number of benzene rings is 1. The average molecular weight is 171 g/mol. The highest BCUT2D eigenvalue weighted by Gasteiger charge is 1.98. The molecule has 64 valence electrons. The van der Waals surface area contributed by atoms with Crippen molar-refractivity contribution in [2.75, 3.05) is 0 Å². The van der Waals surface area contributed by atoms with Crippen molar-refractivity contribution in [2.24, 2.45) is 10.2 Å². The molecule has 0 saturated heterocycles. The molecule has 0 fully saturated rings. The molecule has 1 aliphatic heterocycles. The van der Waals surface area contributed by atoms with Gasteiger partial charge >= 0.3 is 0 Å². The lowest BCUT2D eigenvalue weighted by molar-refractivity contribution is 0.817. The first-order valence-corrected chi connectivity index (χ1v) is 4.05. The standard InChI is InChI=1S/C10H9N3/c1-2-5-9(6-3-1)10-7-4-8-11-13-12-10/h1-8,13H. The van der Waals surface area contributed by atoms with Crippen molar-refractivity contribution >= 4 is 11.9 Å². The van der Waals surface area contributed by atoms with Crippen LogP contribution in [0.2, 0.25) is 0 Å². The van der Waals surface area contributed by atoms with E-state index in [1.807, 2.05) is 42.5 Å². The summed E-state index contributed by atoms with van der Waals surface area (Å²) in [5.74, 6) is 0. The third kappa shape index (κ3) is 1.82. The highest BCUT2D eigenvalue weighted by atomic mass is 15.5. The molecule has 1 aromatic carbocycles. The Balaban J connectivity index is 2.32. The van der Waals surface area contributed by atoms with Crippen LogP contribution in [-0.2, 0) is 0 Å². The third-order valence-electron chi connectivity index (χ3n) is 1.71. The van der Waals surface area contributed by atoms with Crippen LogP contribution in [0.1, 0.15) is 5.56 Å². The Hall–Kier alpha value is -1.90. The van der Waals surface area contributed by atoms with Crippen molar-refractivity contribution < 1.29 is 0 Å². The van der Waals surface area contributed by atoms with Crippen LogP contribution in [0.3, 0.4) is 0 Å². The van der Waals surface area contributed by atoms with Crippen molar-refractivity contribution in [3.05, 3.63) is 48.0 Å². The Labute approximate surface area is 76.5 Å². The van der Waals surface area contributed by atoms with Gasteiger partial charge in [-0.1, -0.05) is 30.3 Å². The van der Waals surface area contributed by atoms with Crippen LogP contribution in [0.15, 0.2) is 52.7 Å². The van der Waals surface area contributed by atoms with E-state index >= 15 is 0 Å². The highest BCUT2D eigenvalue weighted by molar-refractivity contribution is 6.10. The fourth-order valence-corrected chi connectivity index (χ4v) is 1.10. The number of hydrogen-bond acceptors (Lipinski definition) is 3. The Bertz CT molecular complexity index is 363. The summed E-state index contributed by atoms with van der Waals surface area (Å²) in [6.07, 6.45) is 5.43. The molecule has 0 amide bonds. The Morgan fingerprint density at radius 3 is 2.77 bits per heavy atom. The van der Waals surface area contributed by atoms with Crippen LogP contribution in [0.5, 0.6) is 0 Å². The third-order valence-corrected chi connectivity index (χ3v) is 1.71. The first-order valence-electron chi connectivity index (χ1n) is 4.05. The number of nitrogens with one attached hydrogen (secondary N) is 1. The molecule has 0 saturated carbocycles. The summed E-state index contributed by atoms with van der Waals surface area (Å²) in [6.45, 7) is 0. The van der Waals surface area contributed by atoms with Gasteiger partial charge in [0.1, 0.15) is 0 Å². The average Bonchev–Trinajstić information content (AvgIpc) is 2.47. The van der Waals surface area contributed by atoms with Gasteiger partial charge in [0.25, 0.3) is 0 Å². The zero-order valence-electron chi connectivity index (χ0n) is 7.01. The van der Waals surface area contributed by atoms with E-state index in [0.717, 1.165) is 11.3 Å². The van der Waals surface area contributed by atoms with Gasteiger partial charge in [-0.15, -0.1) is 0 Å². The van der Waals surface area contributed by atoms with Gasteiger partial charge in [0.2, 0.25) is 0 Å². The minimum Gasteiger partial charge on any atom is -0.198 e. The smallest absolute Gasteiger partial charge is 0.0923 e. The maximum Gasteiger partial charge on any atom is 0.0923 e. The maximum absolute atomic E-state index is 4.08.